The van der Waals surface area contributed by atoms with E-state index in [9.17, 15) is 4.39 Å². The van der Waals surface area contributed by atoms with E-state index in [1.54, 1.807) is 6.07 Å². The molecule has 2 heterocycles. The van der Waals surface area contributed by atoms with Crippen LogP contribution in [0.2, 0.25) is 0 Å². The summed E-state index contributed by atoms with van der Waals surface area (Å²) in [5.41, 5.74) is 7.86. The van der Waals surface area contributed by atoms with Crippen LogP contribution < -0.4 is 10.6 Å². The van der Waals surface area contributed by atoms with Crippen molar-refractivity contribution in [1.29, 1.82) is 0 Å². The van der Waals surface area contributed by atoms with E-state index in [-0.39, 0.29) is 5.82 Å². The van der Waals surface area contributed by atoms with E-state index < -0.39 is 0 Å². The fourth-order valence-electron chi connectivity index (χ4n) is 3.47. The van der Waals surface area contributed by atoms with Gasteiger partial charge in [-0.05, 0) is 49.8 Å². The molecule has 0 saturated carbocycles. The minimum atomic E-state index is -0.0649. The molecule has 1 aromatic carbocycles. The summed E-state index contributed by atoms with van der Waals surface area (Å²) in [5.74, 6) is 0.473. The smallest absolute Gasteiger partial charge is 0.146 e. The summed E-state index contributed by atoms with van der Waals surface area (Å²) in [4.78, 5) is 2.27. The summed E-state index contributed by atoms with van der Waals surface area (Å²) in [7, 11) is 0. The Kier molecular flexibility index (Phi) is 2.79. The van der Waals surface area contributed by atoms with Crippen molar-refractivity contribution in [2.75, 3.05) is 18.0 Å². The van der Waals surface area contributed by atoms with E-state index in [1.807, 2.05) is 6.07 Å². The molecular formula is C14H19FN2. The molecule has 1 aromatic rings. The predicted octanol–water partition coefficient (Wildman–Crippen LogP) is 2.32. The Morgan fingerprint density at radius 2 is 2.24 bits per heavy atom. The van der Waals surface area contributed by atoms with Gasteiger partial charge in [-0.2, -0.15) is 0 Å². The number of para-hydroxylation sites is 1. The lowest BCUT2D eigenvalue weighted by atomic mass is 9.82. The normalized spacial score (nSPS) is 27.5. The first-order valence-electron chi connectivity index (χ1n) is 6.55. The van der Waals surface area contributed by atoms with Crippen LogP contribution in [0.3, 0.4) is 0 Å². The summed E-state index contributed by atoms with van der Waals surface area (Å²) in [5, 5.41) is 0. The SMILES string of the molecule is NCC1CCCN2c3c(F)cccc3CCC12. The van der Waals surface area contributed by atoms with Crippen LogP contribution >= 0.6 is 0 Å². The number of halogens is 1. The molecule has 2 atom stereocenters. The average Bonchev–Trinajstić information content (AvgIpc) is 2.37. The van der Waals surface area contributed by atoms with Crippen LogP contribution in [0, 0.1) is 11.7 Å². The van der Waals surface area contributed by atoms with Crippen molar-refractivity contribution in [3.8, 4) is 0 Å². The molecule has 2 nitrogen and oxygen atoms in total. The van der Waals surface area contributed by atoms with Crippen LogP contribution in [0.1, 0.15) is 24.8 Å². The highest BCUT2D eigenvalue weighted by atomic mass is 19.1. The monoisotopic (exact) mass is 234 g/mol. The maximum atomic E-state index is 14.0. The van der Waals surface area contributed by atoms with Gasteiger partial charge in [-0.15, -0.1) is 0 Å². The van der Waals surface area contributed by atoms with Crippen molar-refractivity contribution in [2.45, 2.75) is 31.7 Å². The Balaban J connectivity index is 2.00. The number of nitrogens with two attached hydrogens (primary N) is 1. The lowest BCUT2D eigenvalue weighted by Gasteiger charge is -2.46. The molecule has 2 aliphatic heterocycles. The zero-order valence-corrected chi connectivity index (χ0v) is 10.0. The number of nitrogens with zero attached hydrogens (tertiary/aromatic N) is 1. The van der Waals surface area contributed by atoms with Gasteiger partial charge in [0.2, 0.25) is 0 Å². The lowest BCUT2D eigenvalue weighted by molar-refractivity contribution is 0.303. The molecule has 0 aromatic heterocycles. The van der Waals surface area contributed by atoms with Crippen molar-refractivity contribution >= 4 is 5.69 Å². The summed E-state index contributed by atoms with van der Waals surface area (Å²) in [6.07, 6.45) is 4.44. The van der Waals surface area contributed by atoms with Gasteiger partial charge in [0.15, 0.2) is 0 Å². The van der Waals surface area contributed by atoms with Crippen LogP contribution in [-0.4, -0.2) is 19.1 Å². The molecule has 2 N–H and O–H groups in total. The van der Waals surface area contributed by atoms with Crippen molar-refractivity contribution in [2.24, 2.45) is 11.7 Å². The summed E-state index contributed by atoms with van der Waals surface area (Å²) in [6.45, 7) is 1.71. The molecule has 1 fully saturated rings. The number of anilines is 1. The van der Waals surface area contributed by atoms with Crippen LogP contribution in [-0.2, 0) is 6.42 Å². The summed E-state index contributed by atoms with van der Waals surface area (Å²) >= 11 is 0. The number of fused-ring (bicyclic) bond motifs is 3. The first-order chi connectivity index (χ1) is 8.31. The molecule has 3 rings (SSSR count). The third-order valence-electron chi connectivity index (χ3n) is 4.29. The number of aryl methyl sites for hydroxylation is 1. The van der Waals surface area contributed by atoms with Gasteiger partial charge >= 0.3 is 0 Å². The number of piperidine rings is 1. The van der Waals surface area contributed by atoms with Gasteiger partial charge in [0, 0.05) is 12.6 Å². The zero-order chi connectivity index (χ0) is 11.8. The Morgan fingerprint density at radius 1 is 1.35 bits per heavy atom. The standard InChI is InChI=1S/C14H19FN2/c15-12-5-1-3-10-6-7-13-11(9-16)4-2-8-17(13)14(10)12/h1,3,5,11,13H,2,4,6-9,16H2. The maximum absolute atomic E-state index is 14.0. The van der Waals surface area contributed by atoms with Gasteiger partial charge < -0.3 is 10.6 Å². The third kappa shape index (κ3) is 1.73. The molecule has 0 amide bonds. The molecule has 2 unspecified atom stereocenters. The van der Waals surface area contributed by atoms with Gasteiger partial charge in [-0.1, -0.05) is 12.1 Å². The minimum Gasteiger partial charge on any atom is -0.366 e. The maximum Gasteiger partial charge on any atom is 0.146 e. The fraction of sp³-hybridized carbons (Fsp3) is 0.571. The molecule has 1 saturated heterocycles. The van der Waals surface area contributed by atoms with E-state index >= 15 is 0 Å². The number of benzene rings is 1. The van der Waals surface area contributed by atoms with E-state index in [1.165, 1.54) is 12.0 Å². The van der Waals surface area contributed by atoms with Gasteiger partial charge in [-0.3, -0.25) is 0 Å². The first-order valence-corrected chi connectivity index (χ1v) is 6.55. The van der Waals surface area contributed by atoms with Crippen molar-refractivity contribution in [3.05, 3.63) is 29.6 Å². The second-order valence-corrected chi connectivity index (χ2v) is 5.18. The second kappa shape index (κ2) is 4.30. The largest absolute Gasteiger partial charge is 0.366 e. The van der Waals surface area contributed by atoms with E-state index in [4.69, 9.17) is 5.73 Å². The van der Waals surface area contributed by atoms with Gasteiger partial charge in [0.1, 0.15) is 5.82 Å². The van der Waals surface area contributed by atoms with Crippen molar-refractivity contribution in [3.63, 3.8) is 0 Å². The molecule has 2 aliphatic rings. The number of rotatable bonds is 1. The molecular weight excluding hydrogens is 215 g/mol. The molecule has 0 spiro atoms. The fourth-order valence-corrected chi connectivity index (χ4v) is 3.47. The van der Waals surface area contributed by atoms with Crippen LogP contribution in [0.4, 0.5) is 10.1 Å². The third-order valence-corrected chi connectivity index (χ3v) is 4.29. The lowest BCUT2D eigenvalue weighted by Crippen LogP contribution is -2.50. The van der Waals surface area contributed by atoms with Crippen LogP contribution in [0.5, 0.6) is 0 Å². The molecule has 92 valence electrons. The van der Waals surface area contributed by atoms with E-state index in [0.29, 0.717) is 12.0 Å². The number of hydrogen-bond acceptors (Lipinski definition) is 2. The van der Waals surface area contributed by atoms with E-state index in [2.05, 4.69) is 11.0 Å². The van der Waals surface area contributed by atoms with Gasteiger partial charge in [-0.25, -0.2) is 4.39 Å². The van der Waals surface area contributed by atoms with E-state index in [0.717, 1.165) is 38.0 Å². The topological polar surface area (TPSA) is 29.3 Å². The molecule has 0 bridgehead atoms. The second-order valence-electron chi connectivity index (χ2n) is 5.18. The Bertz CT molecular complexity index is 419. The highest BCUT2D eigenvalue weighted by Gasteiger charge is 2.35. The van der Waals surface area contributed by atoms with Crippen LogP contribution in [0.15, 0.2) is 18.2 Å². The predicted molar refractivity (Wildman–Crippen MR) is 67.6 cm³/mol. The Morgan fingerprint density at radius 3 is 3.06 bits per heavy atom. The summed E-state index contributed by atoms with van der Waals surface area (Å²) in [6, 6.07) is 5.91. The Hall–Kier alpha value is -1.09. The first kappa shape index (κ1) is 11.0. The van der Waals surface area contributed by atoms with Crippen LogP contribution in [0.25, 0.3) is 0 Å². The zero-order valence-electron chi connectivity index (χ0n) is 10.0. The molecule has 0 radical (unpaired) electrons. The van der Waals surface area contributed by atoms with Crippen molar-refractivity contribution in [1.82, 2.24) is 0 Å². The highest BCUT2D eigenvalue weighted by Crippen LogP contribution is 2.38. The average molecular weight is 234 g/mol. The highest BCUT2D eigenvalue weighted by molar-refractivity contribution is 5.58. The minimum absolute atomic E-state index is 0.0649. The van der Waals surface area contributed by atoms with Gasteiger partial charge in [0.05, 0.1) is 5.69 Å². The molecule has 0 aliphatic carbocycles. The summed E-state index contributed by atoms with van der Waals surface area (Å²) < 4.78 is 14.0. The quantitative estimate of drug-likeness (QED) is 0.808. The number of hydrogen-bond donors (Lipinski definition) is 1. The molecule has 3 heteroatoms. The van der Waals surface area contributed by atoms with Crippen molar-refractivity contribution < 1.29 is 4.39 Å². The Labute approximate surface area is 102 Å². The molecule has 17 heavy (non-hydrogen) atoms. The van der Waals surface area contributed by atoms with Gasteiger partial charge in [0.25, 0.3) is 0 Å².